The molecule has 0 atom stereocenters. The maximum atomic E-state index is 13.7. The van der Waals surface area contributed by atoms with E-state index in [9.17, 15) is 9.90 Å². The SMILES string of the molecule is COc1cc(OC)c2c(O)c3c(=O)c4c(C)cc5cc(OC)cc(OC)c5c4oc3cc2c1. The topological polar surface area (TPSA) is 87.4 Å². The van der Waals surface area contributed by atoms with Crippen LogP contribution in [-0.2, 0) is 0 Å². The van der Waals surface area contributed by atoms with Crippen molar-refractivity contribution in [1.29, 1.82) is 0 Å². The average Bonchev–Trinajstić information content (AvgIpc) is 2.81. The fourth-order valence-corrected chi connectivity index (χ4v) is 4.49. The van der Waals surface area contributed by atoms with Crippen LogP contribution in [0.4, 0.5) is 0 Å². The molecule has 1 aromatic heterocycles. The summed E-state index contributed by atoms with van der Waals surface area (Å²) in [5.41, 5.74) is 1.01. The summed E-state index contributed by atoms with van der Waals surface area (Å²) in [6.45, 7) is 1.83. The van der Waals surface area contributed by atoms with Crippen molar-refractivity contribution in [3.8, 4) is 28.7 Å². The zero-order valence-electron chi connectivity index (χ0n) is 18.9. The van der Waals surface area contributed by atoms with Gasteiger partial charge in [-0.05, 0) is 41.5 Å². The van der Waals surface area contributed by atoms with E-state index < -0.39 is 0 Å². The quantitative estimate of drug-likeness (QED) is 0.296. The molecule has 0 unspecified atom stereocenters. The van der Waals surface area contributed by atoms with E-state index in [1.165, 1.54) is 7.11 Å². The molecule has 1 heterocycles. The van der Waals surface area contributed by atoms with Crippen molar-refractivity contribution in [2.24, 2.45) is 0 Å². The number of fused-ring (bicyclic) bond motifs is 5. The Morgan fingerprint density at radius 1 is 0.697 bits per heavy atom. The van der Waals surface area contributed by atoms with Gasteiger partial charge >= 0.3 is 0 Å². The highest BCUT2D eigenvalue weighted by Gasteiger charge is 2.22. The smallest absolute Gasteiger partial charge is 0.204 e. The van der Waals surface area contributed by atoms with E-state index in [1.54, 1.807) is 45.6 Å². The molecule has 4 aromatic carbocycles. The van der Waals surface area contributed by atoms with Gasteiger partial charge < -0.3 is 28.5 Å². The Hall–Kier alpha value is -4.13. The van der Waals surface area contributed by atoms with Crippen LogP contribution in [0.25, 0.3) is 43.5 Å². The Labute approximate surface area is 188 Å². The molecule has 0 fully saturated rings. The Balaban J connectivity index is 2.03. The second kappa shape index (κ2) is 7.48. The first-order chi connectivity index (χ1) is 15.9. The Morgan fingerprint density at radius 2 is 1.27 bits per heavy atom. The Bertz CT molecular complexity index is 1640. The van der Waals surface area contributed by atoms with Crippen LogP contribution in [0.15, 0.2) is 45.6 Å². The molecule has 0 radical (unpaired) electrons. The largest absolute Gasteiger partial charge is 0.506 e. The molecule has 0 amide bonds. The van der Waals surface area contributed by atoms with Gasteiger partial charge in [0, 0.05) is 12.1 Å². The molecule has 0 aliphatic carbocycles. The molecular formula is C26H22O7. The van der Waals surface area contributed by atoms with Crippen molar-refractivity contribution in [1.82, 2.24) is 0 Å². The van der Waals surface area contributed by atoms with Crippen LogP contribution in [0.5, 0.6) is 28.7 Å². The maximum Gasteiger partial charge on any atom is 0.204 e. The number of aryl methyl sites for hydroxylation is 1. The van der Waals surface area contributed by atoms with Crippen molar-refractivity contribution in [2.75, 3.05) is 28.4 Å². The third-order valence-electron chi connectivity index (χ3n) is 6.02. The lowest BCUT2D eigenvalue weighted by atomic mass is 9.98. The van der Waals surface area contributed by atoms with Gasteiger partial charge in [0.2, 0.25) is 5.43 Å². The zero-order valence-corrected chi connectivity index (χ0v) is 18.9. The summed E-state index contributed by atoms with van der Waals surface area (Å²) >= 11 is 0. The summed E-state index contributed by atoms with van der Waals surface area (Å²) in [5.74, 6) is 1.90. The lowest BCUT2D eigenvalue weighted by molar-refractivity contribution is 0.396. The highest BCUT2D eigenvalue weighted by atomic mass is 16.5. The van der Waals surface area contributed by atoms with Crippen LogP contribution in [0.1, 0.15) is 5.56 Å². The van der Waals surface area contributed by atoms with Crippen LogP contribution < -0.4 is 24.4 Å². The summed E-state index contributed by atoms with van der Waals surface area (Å²) < 4.78 is 28.1. The monoisotopic (exact) mass is 446 g/mol. The number of phenols is 1. The highest BCUT2D eigenvalue weighted by molar-refractivity contribution is 6.14. The molecule has 168 valence electrons. The van der Waals surface area contributed by atoms with E-state index >= 15 is 0 Å². The van der Waals surface area contributed by atoms with Crippen molar-refractivity contribution >= 4 is 43.5 Å². The molecular weight excluding hydrogens is 424 g/mol. The van der Waals surface area contributed by atoms with E-state index in [1.807, 2.05) is 19.1 Å². The molecule has 0 saturated carbocycles. The fraction of sp³-hybridized carbons (Fsp3) is 0.192. The number of phenolic OH excluding ortho intramolecular Hbond substituents is 1. The van der Waals surface area contributed by atoms with Crippen molar-refractivity contribution in [2.45, 2.75) is 6.92 Å². The molecule has 7 nitrogen and oxygen atoms in total. The van der Waals surface area contributed by atoms with Gasteiger partial charge in [-0.3, -0.25) is 4.79 Å². The lowest BCUT2D eigenvalue weighted by Crippen LogP contribution is -2.06. The average molecular weight is 446 g/mol. The van der Waals surface area contributed by atoms with Crippen LogP contribution in [-0.4, -0.2) is 33.5 Å². The summed E-state index contributed by atoms with van der Waals surface area (Å²) in [7, 11) is 6.18. The van der Waals surface area contributed by atoms with E-state index in [0.29, 0.717) is 55.7 Å². The Morgan fingerprint density at radius 3 is 1.85 bits per heavy atom. The van der Waals surface area contributed by atoms with Gasteiger partial charge in [0.05, 0.1) is 44.6 Å². The number of hydrogen-bond acceptors (Lipinski definition) is 7. The number of aromatic hydroxyl groups is 1. The number of benzene rings is 4. The lowest BCUT2D eigenvalue weighted by Gasteiger charge is -2.15. The number of methoxy groups -OCH3 is 4. The molecule has 1 N–H and O–H groups in total. The second-order valence-electron chi connectivity index (χ2n) is 7.78. The molecule has 0 spiro atoms. The molecule has 7 heteroatoms. The summed E-state index contributed by atoms with van der Waals surface area (Å²) in [6, 6.07) is 10.6. The molecule has 33 heavy (non-hydrogen) atoms. The van der Waals surface area contributed by atoms with Crippen molar-refractivity contribution in [3.63, 3.8) is 0 Å². The molecule has 0 aliphatic rings. The maximum absolute atomic E-state index is 13.7. The first kappa shape index (κ1) is 20.8. The molecule has 5 aromatic rings. The molecule has 0 aliphatic heterocycles. The van der Waals surface area contributed by atoms with Gasteiger partial charge in [0.15, 0.2) is 0 Å². The number of rotatable bonds is 4. The predicted octanol–water partition coefficient (Wildman–Crippen LogP) is 5.30. The van der Waals surface area contributed by atoms with E-state index in [0.717, 1.165) is 5.39 Å². The molecule has 0 saturated heterocycles. The van der Waals surface area contributed by atoms with Crippen molar-refractivity contribution in [3.05, 3.63) is 52.2 Å². The minimum atomic E-state index is -0.333. The highest BCUT2D eigenvalue weighted by Crippen LogP contribution is 2.43. The molecule has 0 bridgehead atoms. The predicted molar refractivity (Wildman–Crippen MR) is 128 cm³/mol. The van der Waals surface area contributed by atoms with E-state index in [-0.39, 0.29) is 22.1 Å². The zero-order chi connectivity index (χ0) is 23.4. The van der Waals surface area contributed by atoms with E-state index in [2.05, 4.69) is 0 Å². The molecule has 5 rings (SSSR count). The van der Waals surface area contributed by atoms with E-state index in [4.69, 9.17) is 23.4 Å². The number of ether oxygens (including phenoxy) is 4. The third kappa shape index (κ3) is 2.92. The van der Waals surface area contributed by atoms with Crippen LogP contribution >= 0.6 is 0 Å². The standard InChI is InChI=1S/C26H22O7/c1-12-6-13-7-15(29-2)11-18(32-5)22(13)26-20(12)24(27)23-19(33-26)9-14-8-16(30-3)10-17(31-4)21(14)25(23)28/h6-11,28H,1-5H3. The summed E-state index contributed by atoms with van der Waals surface area (Å²) in [6.07, 6.45) is 0. The van der Waals surface area contributed by atoms with Crippen LogP contribution in [0, 0.1) is 6.92 Å². The first-order valence-corrected chi connectivity index (χ1v) is 10.2. The van der Waals surface area contributed by atoms with Crippen LogP contribution in [0.3, 0.4) is 0 Å². The Kier molecular flexibility index (Phi) is 4.70. The van der Waals surface area contributed by atoms with Gasteiger partial charge in [-0.2, -0.15) is 0 Å². The van der Waals surface area contributed by atoms with Crippen molar-refractivity contribution < 1.29 is 28.5 Å². The second-order valence-corrected chi connectivity index (χ2v) is 7.78. The minimum absolute atomic E-state index is 0.0911. The first-order valence-electron chi connectivity index (χ1n) is 10.2. The van der Waals surface area contributed by atoms with Gasteiger partial charge in [-0.15, -0.1) is 0 Å². The minimum Gasteiger partial charge on any atom is -0.506 e. The third-order valence-corrected chi connectivity index (χ3v) is 6.02. The summed E-state index contributed by atoms with van der Waals surface area (Å²) in [5, 5.41) is 14.1. The normalized spacial score (nSPS) is 11.4. The number of hydrogen-bond donors (Lipinski definition) is 1. The van der Waals surface area contributed by atoms with Gasteiger partial charge in [0.25, 0.3) is 0 Å². The summed E-state index contributed by atoms with van der Waals surface area (Å²) in [4.78, 5) is 13.7. The van der Waals surface area contributed by atoms with Gasteiger partial charge in [-0.1, -0.05) is 6.07 Å². The fourth-order valence-electron chi connectivity index (χ4n) is 4.49. The van der Waals surface area contributed by atoms with Gasteiger partial charge in [0.1, 0.15) is 45.3 Å². The van der Waals surface area contributed by atoms with Crippen LogP contribution in [0.2, 0.25) is 0 Å². The van der Waals surface area contributed by atoms with Gasteiger partial charge in [-0.25, -0.2) is 0 Å².